The number of nitrogens with zero attached hydrogens (tertiary/aromatic N) is 1. The van der Waals surface area contributed by atoms with Gasteiger partial charge in [0.1, 0.15) is 0 Å². The van der Waals surface area contributed by atoms with E-state index in [1.807, 2.05) is 0 Å². The number of nitrogens with two attached hydrogens (primary N) is 1. The molecule has 1 rings (SSSR count). The first-order valence-electron chi connectivity index (χ1n) is 5.14. The van der Waals surface area contributed by atoms with E-state index in [0.29, 0.717) is 0 Å². The fourth-order valence-corrected chi connectivity index (χ4v) is 1.23. The molecule has 0 aliphatic heterocycles. The zero-order valence-corrected chi connectivity index (χ0v) is 9.82. The molecular weight excluding hydrogens is 269 g/mol. The molecule has 1 aromatic rings. The molecule has 6 nitrogen and oxygen atoms in total. The highest BCUT2D eigenvalue weighted by Crippen LogP contribution is 2.28. The van der Waals surface area contributed by atoms with E-state index in [0.717, 1.165) is 6.07 Å². The predicted molar refractivity (Wildman–Crippen MR) is 56.4 cm³/mol. The van der Waals surface area contributed by atoms with Gasteiger partial charge in [0, 0.05) is 18.2 Å². The third-order valence-corrected chi connectivity index (χ3v) is 1.96. The SMILES string of the molecule is CCOC(=O)c1nc(OC(F)(F)F)cc(CN)c1O. The Morgan fingerprint density at radius 3 is 2.63 bits per heavy atom. The van der Waals surface area contributed by atoms with E-state index in [1.54, 1.807) is 0 Å². The Labute approximate surface area is 105 Å². The van der Waals surface area contributed by atoms with Crippen LogP contribution in [0.3, 0.4) is 0 Å². The Hall–Kier alpha value is -2.03. The van der Waals surface area contributed by atoms with E-state index in [9.17, 15) is 23.1 Å². The van der Waals surface area contributed by atoms with Gasteiger partial charge in [-0.2, -0.15) is 0 Å². The number of aromatic nitrogens is 1. The van der Waals surface area contributed by atoms with Crippen LogP contribution in [-0.4, -0.2) is 29.0 Å². The highest BCUT2D eigenvalue weighted by atomic mass is 19.4. The number of rotatable bonds is 4. The lowest BCUT2D eigenvalue weighted by atomic mass is 10.2. The third kappa shape index (κ3) is 3.98. The highest BCUT2D eigenvalue weighted by molar-refractivity contribution is 5.90. The first-order valence-corrected chi connectivity index (χ1v) is 5.14. The van der Waals surface area contributed by atoms with E-state index in [2.05, 4.69) is 14.5 Å². The molecule has 0 saturated heterocycles. The lowest BCUT2D eigenvalue weighted by molar-refractivity contribution is -0.276. The molecule has 0 atom stereocenters. The van der Waals surface area contributed by atoms with E-state index in [1.165, 1.54) is 6.92 Å². The Morgan fingerprint density at radius 2 is 2.16 bits per heavy atom. The van der Waals surface area contributed by atoms with Crippen molar-refractivity contribution in [3.05, 3.63) is 17.3 Å². The molecule has 0 aliphatic carbocycles. The Balaban J connectivity index is 3.22. The quantitative estimate of drug-likeness (QED) is 0.808. The van der Waals surface area contributed by atoms with Crippen LogP contribution in [0, 0.1) is 0 Å². The van der Waals surface area contributed by atoms with Gasteiger partial charge >= 0.3 is 12.3 Å². The number of alkyl halides is 3. The summed E-state index contributed by atoms with van der Waals surface area (Å²) in [6.45, 7) is 1.17. The molecule has 0 aliphatic rings. The molecule has 0 radical (unpaired) electrons. The van der Waals surface area contributed by atoms with Gasteiger partial charge in [0.2, 0.25) is 5.88 Å². The van der Waals surface area contributed by atoms with Crippen molar-refractivity contribution in [2.45, 2.75) is 19.8 Å². The van der Waals surface area contributed by atoms with Crippen LogP contribution in [0.4, 0.5) is 13.2 Å². The van der Waals surface area contributed by atoms with Gasteiger partial charge < -0.3 is 20.3 Å². The van der Waals surface area contributed by atoms with Crippen molar-refractivity contribution in [1.29, 1.82) is 0 Å². The first kappa shape index (κ1) is 15.0. The topological polar surface area (TPSA) is 94.7 Å². The van der Waals surface area contributed by atoms with Crippen LogP contribution < -0.4 is 10.5 Å². The Morgan fingerprint density at radius 1 is 1.53 bits per heavy atom. The number of halogens is 3. The van der Waals surface area contributed by atoms with Crippen molar-refractivity contribution >= 4 is 5.97 Å². The van der Waals surface area contributed by atoms with Crippen LogP contribution in [0.1, 0.15) is 23.0 Å². The fourth-order valence-electron chi connectivity index (χ4n) is 1.23. The number of carbonyl (C=O) groups is 1. The van der Waals surface area contributed by atoms with Crippen LogP contribution in [0.25, 0.3) is 0 Å². The summed E-state index contributed by atoms with van der Waals surface area (Å²) in [5, 5.41) is 9.63. The maximum absolute atomic E-state index is 12.1. The maximum Gasteiger partial charge on any atom is 0.574 e. The van der Waals surface area contributed by atoms with Crippen molar-refractivity contribution in [1.82, 2.24) is 4.98 Å². The van der Waals surface area contributed by atoms with Gasteiger partial charge in [0.15, 0.2) is 11.4 Å². The molecule has 0 fully saturated rings. The molecule has 9 heteroatoms. The normalized spacial score (nSPS) is 11.2. The number of carbonyl (C=O) groups excluding carboxylic acids is 1. The molecule has 0 bridgehead atoms. The zero-order valence-electron chi connectivity index (χ0n) is 9.82. The molecule has 0 spiro atoms. The number of esters is 1. The largest absolute Gasteiger partial charge is 0.574 e. The number of ether oxygens (including phenoxy) is 2. The highest BCUT2D eigenvalue weighted by Gasteiger charge is 2.33. The minimum Gasteiger partial charge on any atom is -0.505 e. The molecule has 0 aromatic carbocycles. The maximum atomic E-state index is 12.1. The second-order valence-corrected chi connectivity index (χ2v) is 3.29. The Kier molecular flexibility index (Phi) is 4.54. The minimum absolute atomic E-state index is 0.0255. The van der Waals surface area contributed by atoms with Gasteiger partial charge in [-0.1, -0.05) is 0 Å². The standard InChI is InChI=1S/C10H11F3N2O4/c1-2-18-9(17)7-8(16)5(4-14)3-6(15-7)19-10(11,12)13/h3,16H,2,4,14H2,1H3. The van der Waals surface area contributed by atoms with Crippen molar-refractivity contribution in [3.8, 4) is 11.6 Å². The van der Waals surface area contributed by atoms with Crippen molar-refractivity contribution in [2.75, 3.05) is 6.61 Å². The molecule has 19 heavy (non-hydrogen) atoms. The summed E-state index contributed by atoms with van der Waals surface area (Å²) in [5.41, 5.74) is 4.46. The second-order valence-electron chi connectivity index (χ2n) is 3.29. The molecular formula is C10H11F3N2O4. The summed E-state index contributed by atoms with van der Waals surface area (Å²) in [7, 11) is 0. The van der Waals surface area contributed by atoms with Crippen LogP contribution >= 0.6 is 0 Å². The predicted octanol–water partition coefficient (Wildman–Crippen LogP) is 1.32. The molecule has 1 heterocycles. The van der Waals surface area contributed by atoms with E-state index < -0.39 is 29.7 Å². The summed E-state index contributed by atoms with van der Waals surface area (Å²) < 4.78 is 44.4. The summed E-state index contributed by atoms with van der Waals surface area (Å²) in [6, 6.07) is 0.797. The van der Waals surface area contributed by atoms with Gasteiger partial charge in [0.25, 0.3) is 0 Å². The van der Waals surface area contributed by atoms with Crippen molar-refractivity contribution in [2.24, 2.45) is 5.73 Å². The van der Waals surface area contributed by atoms with Crippen LogP contribution in [0.5, 0.6) is 11.6 Å². The summed E-state index contributed by atoms with van der Waals surface area (Å²) in [4.78, 5) is 14.7. The molecule has 106 valence electrons. The van der Waals surface area contributed by atoms with Gasteiger partial charge in [-0.15, -0.1) is 13.2 Å². The molecule has 0 unspecified atom stereocenters. The van der Waals surface area contributed by atoms with E-state index >= 15 is 0 Å². The number of aromatic hydroxyl groups is 1. The number of hydrogen-bond acceptors (Lipinski definition) is 6. The van der Waals surface area contributed by atoms with Gasteiger partial charge in [-0.05, 0) is 6.92 Å². The molecule has 0 saturated carbocycles. The van der Waals surface area contributed by atoms with Gasteiger partial charge in [0.05, 0.1) is 6.61 Å². The third-order valence-electron chi connectivity index (χ3n) is 1.96. The second kappa shape index (κ2) is 5.74. The van der Waals surface area contributed by atoms with Crippen LogP contribution in [0.2, 0.25) is 0 Å². The molecule has 3 N–H and O–H groups in total. The lowest BCUT2D eigenvalue weighted by Crippen LogP contribution is -2.19. The average molecular weight is 280 g/mol. The van der Waals surface area contributed by atoms with Crippen molar-refractivity contribution in [3.63, 3.8) is 0 Å². The van der Waals surface area contributed by atoms with Crippen LogP contribution in [-0.2, 0) is 11.3 Å². The fraction of sp³-hybridized carbons (Fsp3) is 0.400. The van der Waals surface area contributed by atoms with Crippen LogP contribution in [0.15, 0.2) is 6.07 Å². The minimum atomic E-state index is -4.97. The molecule has 1 aromatic heterocycles. The van der Waals surface area contributed by atoms with Crippen molar-refractivity contribution < 1.29 is 32.5 Å². The smallest absolute Gasteiger partial charge is 0.505 e. The summed E-state index contributed by atoms with van der Waals surface area (Å²) in [6.07, 6.45) is -4.97. The first-order chi connectivity index (χ1) is 8.78. The Bertz CT molecular complexity index is 477. The summed E-state index contributed by atoms with van der Waals surface area (Å²) in [5.74, 6) is -2.59. The van der Waals surface area contributed by atoms with E-state index in [-0.39, 0.29) is 18.7 Å². The average Bonchev–Trinajstić information content (AvgIpc) is 2.29. The zero-order chi connectivity index (χ0) is 14.6. The number of pyridine rings is 1. The van der Waals surface area contributed by atoms with E-state index in [4.69, 9.17) is 5.73 Å². The van der Waals surface area contributed by atoms with Gasteiger partial charge in [-0.25, -0.2) is 9.78 Å². The monoisotopic (exact) mass is 280 g/mol. The number of hydrogen-bond donors (Lipinski definition) is 2. The van der Waals surface area contributed by atoms with Gasteiger partial charge in [-0.3, -0.25) is 0 Å². The molecule has 0 amide bonds. The summed E-state index contributed by atoms with van der Waals surface area (Å²) >= 11 is 0. The lowest BCUT2D eigenvalue weighted by Gasteiger charge is -2.12.